The molecule has 3 aromatic rings. The van der Waals surface area contributed by atoms with Gasteiger partial charge in [-0.2, -0.15) is 9.97 Å². The molecule has 0 N–H and O–H groups in total. The Morgan fingerprint density at radius 2 is 1.57 bits per heavy atom. The van der Waals surface area contributed by atoms with Crippen LogP contribution in [0.3, 0.4) is 0 Å². The number of nitrogens with zero attached hydrogens (tertiary/aromatic N) is 7. The largest absolute Gasteiger partial charge is 0.481 e. The normalized spacial score (nSPS) is 15.0. The number of methoxy groups -OCH3 is 2. The Labute approximate surface area is 262 Å². The molecule has 0 atom stereocenters. The van der Waals surface area contributed by atoms with Crippen LogP contribution in [0.5, 0.6) is 11.8 Å². The van der Waals surface area contributed by atoms with E-state index in [1.54, 1.807) is 15.6 Å². The van der Waals surface area contributed by atoms with Gasteiger partial charge in [-0.15, -0.1) is 0 Å². The van der Waals surface area contributed by atoms with E-state index in [1.165, 1.54) is 40.3 Å². The molecule has 46 heavy (non-hydrogen) atoms. The number of piperazine rings is 1. The van der Waals surface area contributed by atoms with Crippen LogP contribution in [-0.2, 0) is 19.1 Å². The monoisotopic (exact) mass is 639 g/mol. The smallest absolute Gasteiger partial charge is 0.328 e. The Kier molecular flexibility index (Phi) is 9.72. The maximum absolute atomic E-state index is 15.7. The molecule has 15 nitrogen and oxygen atoms in total. The van der Waals surface area contributed by atoms with E-state index in [4.69, 9.17) is 18.9 Å². The van der Waals surface area contributed by atoms with Gasteiger partial charge in [-0.05, 0) is 38.8 Å². The molecule has 1 saturated heterocycles. The summed E-state index contributed by atoms with van der Waals surface area (Å²) in [6, 6.07) is 4.18. The number of esters is 2. The number of hydrogen-bond donors (Lipinski definition) is 0. The number of benzene rings is 1. The maximum Gasteiger partial charge on any atom is 0.328 e. The van der Waals surface area contributed by atoms with Gasteiger partial charge in [-0.1, -0.05) is 10.3 Å². The summed E-state index contributed by atoms with van der Waals surface area (Å²) in [5.41, 5.74) is -0.471. The number of carbonyl (C=O) groups is 3. The van der Waals surface area contributed by atoms with Crippen LogP contribution in [-0.4, -0.2) is 90.9 Å². The molecular formula is C30H34FN7O8. The van der Waals surface area contributed by atoms with Crippen molar-refractivity contribution in [2.75, 3.05) is 58.5 Å². The minimum Gasteiger partial charge on any atom is -0.481 e. The van der Waals surface area contributed by atoms with Crippen LogP contribution in [0.15, 0.2) is 39.5 Å². The Morgan fingerprint density at radius 3 is 2.11 bits per heavy atom. The van der Waals surface area contributed by atoms with Gasteiger partial charge in [0.25, 0.3) is 5.95 Å². The molecule has 244 valence electrons. The molecule has 16 heteroatoms. The van der Waals surface area contributed by atoms with Crippen LogP contribution in [0.1, 0.15) is 43.1 Å². The Morgan fingerprint density at radius 1 is 0.957 bits per heavy atom. The molecule has 1 saturated carbocycles. The maximum atomic E-state index is 15.7. The van der Waals surface area contributed by atoms with Crippen molar-refractivity contribution in [3.05, 3.63) is 46.0 Å². The molecule has 1 aromatic carbocycles. The highest BCUT2D eigenvalue weighted by Gasteiger charge is 2.40. The first kappa shape index (κ1) is 32.2. The number of ketones is 1. The first-order chi connectivity index (χ1) is 22.2. The molecule has 0 spiro atoms. The second-order valence-electron chi connectivity index (χ2n) is 10.5. The number of rotatable bonds is 12. The fourth-order valence-corrected chi connectivity index (χ4v) is 5.12. The van der Waals surface area contributed by atoms with Crippen molar-refractivity contribution in [3.63, 3.8) is 0 Å². The fourth-order valence-electron chi connectivity index (χ4n) is 5.12. The average molecular weight is 640 g/mol. The first-order valence-corrected chi connectivity index (χ1v) is 14.8. The van der Waals surface area contributed by atoms with Gasteiger partial charge in [0.1, 0.15) is 5.82 Å². The lowest BCUT2D eigenvalue weighted by Gasteiger charge is -2.34. The van der Waals surface area contributed by atoms with Gasteiger partial charge in [0.2, 0.25) is 17.7 Å². The third-order valence-corrected chi connectivity index (χ3v) is 7.56. The highest BCUT2D eigenvalue weighted by molar-refractivity contribution is 6.21. The second-order valence-corrected chi connectivity index (χ2v) is 10.5. The number of ether oxygens (including phenoxy) is 4. The minimum absolute atomic E-state index is 0.0355. The molecule has 1 aliphatic carbocycles. The zero-order valence-electron chi connectivity index (χ0n) is 25.9. The van der Waals surface area contributed by atoms with E-state index in [1.807, 2.05) is 4.90 Å². The lowest BCUT2D eigenvalue weighted by molar-refractivity contribution is -0.158. The van der Waals surface area contributed by atoms with E-state index in [-0.39, 0.29) is 48.0 Å². The molecule has 0 amide bonds. The summed E-state index contributed by atoms with van der Waals surface area (Å²) in [4.78, 5) is 62.4. The van der Waals surface area contributed by atoms with Crippen LogP contribution in [0.4, 0.5) is 16.0 Å². The zero-order valence-corrected chi connectivity index (χ0v) is 25.9. The van der Waals surface area contributed by atoms with Crippen molar-refractivity contribution in [2.45, 2.75) is 32.7 Å². The molecule has 1 aliphatic heterocycles. The fraction of sp³-hybridized carbons (Fsp3) is 0.467. The Hall–Kier alpha value is -5.15. The van der Waals surface area contributed by atoms with E-state index in [2.05, 4.69) is 20.3 Å². The number of pyridine rings is 1. The first-order valence-electron chi connectivity index (χ1n) is 14.8. The predicted octanol–water partition coefficient (Wildman–Crippen LogP) is 3.03. The molecule has 0 radical (unpaired) electrons. The van der Waals surface area contributed by atoms with Crippen LogP contribution < -0.4 is 19.8 Å². The van der Waals surface area contributed by atoms with Crippen LogP contribution >= 0.6 is 0 Å². The topological polar surface area (TPSA) is 167 Å². The Bertz CT molecular complexity index is 1690. The summed E-state index contributed by atoms with van der Waals surface area (Å²) in [5, 5.41) is 9.95. The van der Waals surface area contributed by atoms with Crippen molar-refractivity contribution in [2.24, 2.45) is 16.3 Å². The number of halogens is 1. The number of anilines is 1. The third kappa shape index (κ3) is 6.74. The molecule has 2 fully saturated rings. The highest BCUT2D eigenvalue weighted by atomic mass is 19.1. The molecule has 2 aromatic heterocycles. The van der Waals surface area contributed by atoms with Crippen LogP contribution in [0.2, 0.25) is 0 Å². The third-order valence-electron chi connectivity index (χ3n) is 7.56. The number of carbonyl (C=O) groups excluding carboxylic acids is 3. The summed E-state index contributed by atoms with van der Waals surface area (Å²) in [6.45, 7) is 4.51. The summed E-state index contributed by atoms with van der Waals surface area (Å²) < 4.78 is 37.5. The number of hydrogen-bond acceptors (Lipinski definition) is 13. The molecule has 3 heterocycles. The number of Topliss-reactive ketones (excluding diaryl/α,β-unsaturated/α-hetero) is 1. The lowest BCUT2D eigenvalue weighted by Crippen LogP contribution is -2.44. The van der Waals surface area contributed by atoms with Gasteiger partial charge in [-0.3, -0.25) is 24.2 Å². The van der Waals surface area contributed by atoms with Gasteiger partial charge in [-0.25, -0.2) is 4.39 Å². The van der Waals surface area contributed by atoms with Crippen LogP contribution in [0, 0.1) is 11.7 Å². The average Bonchev–Trinajstić information content (AvgIpc) is 3.90. The standard InChI is InChI=1S/C30H34FN7O8/c1-5-45-28(41)25(29(42)46-6-2)27(40)19-16-38(17-7-8-17)21-14-22(20(31)13-18(21)26(19)39)36-9-11-37(12-10-36)35-34-30-32-23(43-3)15-24(33-30)44-4/h13-17,25H,5-12H2,1-4H3/b35-34+. The van der Waals surface area contributed by atoms with Gasteiger partial charge >= 0.3 is 11.9 Å². The van der Waals surface area contributed by atoms with Crippen molar-refractivity contribution in [1.82, 2.24) is 19.5 Å². The van der Waals surface area contributed by atoms with Crippen molar-refractivity contribution < 1.29 is 37.7 Å². The van der Waals surface area contributed by atoms with Crippen molar-refractivity contribution in [3.8, 4) is 11.8 Å². The summed E-state index contributed by atoms with van der Waals surface area (Å²) >= 11 is 0. The van der Waals surface area contributed by atoms with E-state index in [9.17, 15) is 19.2 Å². The second kappa shape index (κ2) is 13.9. The Balaban J connectivity index is 1.41. The molecular weight excluding hydrogens is 605 g/mol. The van der Waals surface area contributed by atoms with E-state index in [0.29, 0.717) is 31.7 Å². The SMILES string of the molecule is CCOC(=O)C(C(=O)OCC)C(=O)c1cn(C2CC2)c2cc(N3CCN(/N=N/c4nc(OC)cc(OC)n4)CC3)c(F)cc2c1=O. The summed E-state index contributed by atoms with van der Waals surface area (Å²) in [5.74, 6) is -5.29. The van der Waals surface area contributed by atoms with E-state index in [0.717, 1.165) is 18.9 Å². The molecule has 0 bridgehead atoms. The number of fused-ring (bicyclic) bond motifs is 1. The van der Waals surface area contributed by atoms with Crippen molar-refractivity contribution >= 4 is 40.3 Å². The quantitative estimate of drug-likeness (QED) is 0.123. The summed E-state index contributed by atoms with van der Waals surface area (Å²) in [7, 11) is 2.92. The van der Waals surface area contributed by atoms with Crippen molar-refractivity contribution in [1.29, 1.82) is 0 Å². The van der Waals surface area contributed by atoms with E-state index >= 15 is 4.39 Å². The van der Waals surface area contributed by atoms with Gasteiger partial charge in [0.05, 0.1) is 63.4 Å². The van der Waals surface area contributed by atoms with E-state index < -0.39 is 40.4 Å². The van der Waals surface area contributed by atoms with Gasteiger partial charge in [0.15, 0.2) is 11.2 Å². The minimum atomic E-state index is -1.97. The molecule has 5 rings (SSSR count). The highest BCUT2D eigenvalue weighted by Crippen LogP contribution is 2.38. The predicted molar refractivity (Wildman–Crippen MR) is 161 cm³/mol. The summed E-state index contributed by atoms with van der Waals surface area (Å²) in [6.07, 6.45) is 2.92. The molecule has 2 aliphatic rings. The lowest BCUT2D eigenvalue weighted by atomic mass is 9.96. The zero-order chi connectivity index (χ0) is 33.0. The molecule has 0 unspecified atom stereocenters. The van der Waals surface area contributed by atoms with Gasteiger partial charge in [0, 0.05) is 30.7 Å². The van der Waals surface area contributed by atoms with Gasteiger partial charge < -0.3 is 28.4 Å². The van der Waals surface area contributed by atoms with Crippen LogP contribution in [0.25, 0.3) is 10.9 Å². The number of aromatic nitrogens is 3.